The number of hydrogen-bond donors (Lipinski definition) is 1. The number of carbonyl (C=O) groups is 3. The van der Waals surface area contributed by atoms with Gasteiger partial charge in [-0.15, -0.1) is 23.2 Å². The second-order valence-corrected chi connectivity index (χ2v) is 11.1. The summed E-state index contributed by atoms with van der Waals surface area (Å²) in [5, 5.41) is 2.93. The zero-order valence-corrected chi connectivity index (χ0v) is 21.4. The Hall–Kier alpha value is -3.15. The van der Waals surface area contributed by atoms with Gasteiger partial charge in [-0.3, -0.25) is 19.3 Å². The first-order valence-corrected chi connectivity index (χ1v) is 12.8. The smallest absolute Gasteiger partial charge is 0.235 e. The Kier molecular flexibility index (Phi) is 5.12. The molecule has 36 heavy (non-hydrogen) atoms. The minimum Gasteiger partial charge on any atom is -0.326 e. The molecule has 1 fully saturated rings. The number of amides is 3. The summed E-state index contributed by atoms with van der Waals surface area (Å²) in [4.78, 5) is 39.2. The second kappa shape index (κ2) is 7.92. The number of benzene rings is 3. The summed E-state index contributed by atoms with van der Waals surface area (Å²) in [6.45, 7) is 3.81. The average molecular weight is 519 g/mol. The Bertz CT molecular complexity index is 1320. The number of halogens is 2. The van der Waals surface area contributed by atoms with Crippen LogP contribution in [0.2, 0.25) is 0 Å². The van der Waals surface area contributed by atoms with Crippen LogP contribution >= 0.6 is 23.2 Å². The molecule has 0 radical (unpaired) electrons. The van der Waals surface area contributed by atoms with Crippen LogP contribution in [0.3, 0.4) is 0 Å². The predicted molar refractivity (Wildman–Crippen MR) is 139 cm³/mol. The van der Waals surface area contributed by atoms with E-state index in [1.54, 1.807) is 0 Å². The van der Waals surface area contributed by atoms with Crippen molar-refractivity contribution in [2.75, 3.05) is 11.9 Å². The van der Waals surface area contributed by atoms with Gasteiger partial charge in [-0.05, 0) is 47.2 Å². The minimum absolute atomic E-state index is 0.0187. The number of rotatable bonds is 4. The molecule has 2 atom stereocenters. The Morgan fingerprint density at radius 2 is 1.19 bits per heavy atom. The molecule has 3 aromatic rings. The summed E-state index contributed by atoms with van der Waals surface area (Å²) in [5.74, 6) is -2.73. The number of hydrogen-bond acceptors (Lipinski definition) is 3. The van der Waals surface area contributed by atoms with Crippen molar-refractivity contribution in [1.82, 2.24) is 4.90 Å². The van der Waals surface area contributed by atoms with Crippen molar-refractivity contribution in [2.45, 2.75) is 30.0 Å². The van der Waals surface area contributed by atoms with E-state index in [1.807, 2.05) is 80.6 Å². The molecule has 0 saturated carbocycles. The van der Waals surface area contributed by atoms with Gasteiger partial charge in [0.15, 0.2) is 0 Å². The first-order valence-electron chi connectivity index (χ1n) is 12.0. The van der Waals surface area contributed by atoms with Crippen LogP contribution in [0.5, 0.6) is 0 Å². The van der Waals surface area contributed by atoms with Gasteiger partial charge in [-0.1, -0.05) is 66.7 Å². The number of imide groups is 1. The lowest BCUT2D eigenvalue weighted by molar-refractivity contribution is -0.140. The quantitative estimate of drug-likeness (QED) is 0.380. The molecule has 7 heteroatoms. The fourth-order valence-corrected chi connectivity index (χ4v) is 7.47. The molecule has 4 aliphatic rings. The summed E-state index contributed by atoms with van der Waals surface area (Å²) in [6.07, 6.45) is -0.0187. The van der Waals surface area contributed by atoms with E-state index in [2.05, 4.69) is 5.32 Å². The van der Waals surface area contributed by atoms with Crippen LogP contribution in [0.15, 0.2) is 66.7 Å². The van der Waals surface area contributed by atoms with E-state index in [0.717, 1.165) is 39.1 Å². The highest BCUT2D eigenvalue weighted by atomic mass is 35.5. The first-order chi connectivity index (χ1) is 17.2. The summed E-state index contributed by atoms with van der Waals surface area (Å²) in [7, 11) is 0. The molecule has 3 aliphatic carbocycles. The maximum atomic E-state index is 13.8. The number of likely N-dealkylation sites (tertiary alicyclic amines) is 1. The highest BCUT2D eigenvalue weighted by Crippen LogP contribution is 2.69. The highest BCUT2D eigenvalue weighted by molar-refractivity contribution is 6.36. The van der Waals surface area contributed by atoms with Gasteiger partial charge in [-0.2, -0.15) is 0 Å². The second-order valence-electron chi connectivity index (χ2n) is 9.86. The van der Waals surface area contributed by atoms with Gasteiger partial charge in [0.2, 0.25) is 17.7 Å². The normalized spacial score (nSPS) is 27.5. The molecule has 182 valence electrons. The molecule has 7 rings (SSSR count). The molecule has 0 aromatic heterocycles. The summed E-state index contributed by atoms with van der Waals surface area (Å²) in [6, 6.07) is 20.8. The van der Waals surface area contributed by atoms with Crippen LogP contribution in [0, 0.1) is 25.7 Å². The van der Waals surface area contributed by atoms with E-state index in [-0.39, 0.29) is 30.7 Å². The van der Waals surface area contributed by atoms with Crippen LogP contribution in [0.1, 0.15) is 39.8 Å². The molecule has 1 aliphatic heterocycles. The van der Waals surface area contributed by atoms with Crippen molar-refractivity contribution in [3.05, 3.63) is 100 Å². The van der Waals surface area contributed by atoms with Crippen molar-refractivity contribution < 1.29 is 14.4 Å². The molecule has 1 heterocycles. The van der Waals surface area contributed by atoms with Crippen LogP contribution < -0.4 is 5.32 Å². The van der Waals surface area contributed by atoms with Gasteiger partial charge in [0, 0.05) is 18.7 Å². The standard InChI is InChI=1S/C29H24Cl2N2O3/c1-16-8-7-9-17(2)25(16)32-22(34)14-15-33-26(35)23-24(27(33)36)29(31)19-11-4-3-10-18(19)28(23,30)20-12-5-6-13-21(20)29/h3-13,23-24H,14-15H2,1-2H3,(H,32,34)/t23-,24+,28?,29?. The van der Waals surface area contributed by atoms with Gasteiger partial charge in [-0.25, -0.2) is 0 Å². The van der Waals surface area contributed by atoms with Crippen molar-refractivity contribution in [2.24, 2.45) is 11.8 Å². The lowest BCUT2D eigenvalue weighted by Gasteiger charge is -2.54. The van der Waals surface area contributed by atoms with Gasteiger partial charge in [0.1, 0.15) is 9.75 Å². The summed E-state index contributed by atoms with van der Waals surface area (Å²) in [5.41, 5.74) is 5.69. The van der Waals surface area contributed by atoms with Crippen LogP contribution in [0.25, 0.3) is 0 Å². The van der Waals surface area contributed by atoms with E-state index in [0.29, 0.717) is 0 Å². The average Bonchev–Trinajstić information content (AvgIpc) is 3.14. The fourth-order valence-electron chi connectivity index (χ4n) is 6.37. The Morgan fingerprint density at radius 1 is 0.778 bits per heavy atom. The lowest BCUT2D eigenvalue weighted by atomic mass is 9.54. The van der Waals surface area contributed by atoms with Gasteiger partial charge in [0.05, 0.1) is 11.8 Å². The maximum absolute atomic E-state index is 13.8. The van der Waals surface area contributed by atoms with E-state index in [1.165, 1.54) is 4.90 Å². The van der Waals surface area contributed by atoms with Crippen LogP contribution in [-0.4, -0.2) is 29.2 Å². The predicted octanol–water partition coefficient (Wildman–Crippen LogP) is 5.23. The van der Waals surface area contributed by atoms with E-state index < -0.39 is 21.6 Å². The van der Waals surface area contributed by atoms with Gasteiger partial charge >= 0.3 is 0 Å². The zero-order chi connectivity index (χ0) is 25.4. The minimum atomic E-state index is -1.21. The number of aryl methyl sites for hydroxylation is 2. The fraction of sp³-hybridized carbons (Fsp3) is 0.276. The molecule has 3 amide bonds. The topological polar surface area (TPSA) is 66.5 Å². The van der Waals surface area contributed by atoms with E-state index in [4.69, 9.17) is 23.2 Å². The first kappa shape index (κ1) is 23.3. The Balaban J connectivity index is 1.35. The SMILES string of the molecule is Cc1cccc(C)c1NC(=O)CCN1C(=O)[C@@H]2[C@H](C1=O)C1(Cl)c3ccccc3C2(Cl)c2ccccc21. The summed E-state index contributed by atoms with van der Waals surface area (Å²) >= 11 is 14.8. The Morgan fingerprint density at radius 3 is 1.61 bits per heavy atom. The van der Waals surface area contributed by atoms with Gasteiger partial charge in [0.25, 0.3) is 0 Å². The molecule has 5 nitrogen and oxygen atoms in total. The van der Waals surface area contributed by atoms with Crippen LogP contribution in [-0.2, 0) is 24.1 Å². The van der Waals surface area contributed by atoms with E-state index >= 15 is 0 Å². The molecule has 1 saturated heterocycles. The highest BCUT2D eigenvalue weighted by Gasteiger charge is 2.72. The number of para-hydroxylation sites is 1. The van der Waals surface area contributed by atoms with Crippen molar-refractivity contribution in [3.63, 3.8) is 0 Å². The molecule has 1 N–H and O–H groups in total. The number of alkyl halides is 2. The Labute approximate surface area is 219 Å². The third-order valence-corrected chi connectivity index (χ3v) is 9.27. The third kappa shape index (κ3) is 2.87. The zero-order valence-electron chi connectivity index (χ0n) is 19.8. The van der Waals surface area contributed by atoms with Gasteiger partial charge < -0.3 is 5.32 Å². The molecule has 0 spiro atoms. The van der Waals surface area contributed by atoms with Crippen molar-refractivity contribution in [3.8, 4) is 0 Å². The molecule has 2 bridgehead atoms. The third-order valence-electron chi connectivity index (χ3n) is 7.98. The van der Waals surface area contributed by atoms with Crippen LogP contribution in [0.4, 0.5) is 5.69 Å². The van der Waals surface area contributed by atoms with Crippen molar-refractivity contribution >= 4 is 46.6 Å². The number of nitrogens with one attached hydrogen (secondary N) is 1. The molecular formula is C29H24Cl2N2O3. The van der Waals surface area contributed by atoms with Crippen molar-refractivity contribution in [1.29, 1.82) is 0 Å². The molecule has 0 unspecified atom stereocenters. The number of nitrogens with zero attached hydrogens (tertiary/aromatic N) is 1. The largest absolute Gasteiger partial charge is 0.326 e. The molecule has 3 aromatic carbocycles. The number of carbonyl (C=O) groups excluding carboxylic acids is 3. The van der Waals surface area contributed by atoms with E-state index in [9.17, 15) is 14.4 Å². The lowest BCUT2D eigenvalue weighted by Crippen LogP contribution is -2.57. The summed E-state index contributed by atoms with van der Waals surface area (Å²) < 4.78 is 0. The number of anilines is 1. The molecular weight excluding hydrogens is 495 g/mol. The maximum Gasteiger partial charge on any atom is 0.235 e. The monoisotopic (exact) mass is 518 g/mol.